The number of anilines is 1. The molecule has 1 aromatic rings. The SMILES string of the molecule is CC1CC2(CCO1)CNc1c([N+](=O)[O-])cccc12. The minimum Gasteiger partial charge on any atom is -0.378 e. The third kappa shape index (κ3) is 1.58. The van der Waals surface area contributed by atoms with Gasteiger partial charge in [0.1, 0.15) is 5.69 Å². The summed E-state index contributed by atoms with van der Waals surface area (Å²) in [6.45, 7) is 3.57. The summed E-state index contributed by atoms with van der Waals surface area (Å²) in [5.41, 5.74) is 1.99. The third-order valence-electron chi connectivity index (χ3n) is 4.08. The molecule has 2 atom stereocenters. The number of rotatable bonds is 1. The summed E-state index contributed by atoms with van der Waals surface area (Å²) in [7, 11) is 0. The first kappa shape index (κ1) is 11.5. The van der Waals surface area contributed by atoms with Gasteiger partial charge < -0.3 is 10.1 Å². The fourth-order valence-corrected chi connectivity index (χ4v) is 3.24. The monoisotopic (exact) mass is 248 g/mol. The fourth-order valence-electron chi connectivity index (χ4n) is 3.24. The molecule has 2 unspecified atom stereocenters. The number of fused-ring (bicyclic) bond motifs is 2. The minimum absolute atomic E-state index is 0.0129. The van der Waals surface area contributed by atoms with Gasteiger partial charge in [0.05, 0.1) is 11.0 Å². The summed E-state index contributed by atoms with van der Waals surface area (Å²) in [5.74, 6) is 0. The molecule has 0 aromatic heterocycles. The van der Waals surface area contributed by atoms with Crippen LogP contribution in [0.25, 0.3) is 0 Å². The number of para-hydroxylation sites is 1. The van der Waals surface area contributed by atoms with Crippen LogP contribution in [0.1, 0.15) is 25.3 Å². The number of benzene rings is 1. The van der Waals surface area contributed by atoms with E-state index in [0.29, 0.717) is 5.69 Å². The Morgan fingerprint density at radius 2 is 2.39 bits per heavy atom. The van der Waals surface area contributed by atoms with Crippen molar-refractivity contribution >= 4 is 11.4 Å². The maximum atomic E-state index is 11.0. The van der Waals surface area contributed by atoms with Crippen LogP contribution in [0.5, 0.6) is 0 Å². The Balaban J connectivity index is 2.06. The van der Waals surface area contributed by atoms with Crippen LogP contribution in [0.4, 0.5) is 11.4 Å². The van der Waals surface area contributed by atoms with E-state index in [4.69, 9.17) is 4.74 Å². The largest absolute Gasteiger partial charge is 0.378 e. The number of nitrogens with zero attached hydrogens (tertiary/aromatic N) is 1. The second kappa shape index (κ2) is 3.95. The zero-order chi connectivity index (χ0) is 12.8. The second-order valence-electron chi connectivity index (χ2n) is 5.23. The zero-order valence-electron chi connectivity index (χ0n) is 10.3. The summed E-state index contributed by atoms with van der Waals surface area (Å²) >= 11 is 0. The lowest BCUT2D eigenvalue weighted by Crippen LogP contribution is -2.39. The van der Waals surface area contributed by atoms with Gasteiger partial charge in [0.2, 0.25) is 0 Å². The normalized spacial score (nSPS) is 29.9. The maximum absolute atomic E-state index is 11.0. The van der Waals surface area contributed by atoms with Gasteiger partial charge in [-0.2, -0.15) is 0 Å². The predicted molar refractivity (Wildman–Crippen MR) is 67.9 cm³/mol. The third-order valence-corrected chi connectivity index (χ3v) is 4.08. The van der Waals surface area contributed by atoms with E-state index < -0.39 is 0 Å². The molecule has 0 amide bonds. The van der Waals surface area contributed by atoms with Crippen molar-refractivity contribution in [1.29, 1.82) is 0 Å². The molecule has 2 heterocycles. The Morgan fingerprint density at radius 1 is 1.56 bits per heavy atom. The molecule has 18 heavy (non-hydrogen) atoms. The van der Waals surface area contributed by atoms with Gasteiger partial charge in [0, 0.05) is 24.6 Å². The average molecular weight is 248 g/mol. The smallest absolute Gasteiger partial charge is 0.292 e. The van der Waals surface area contributed by atoms with E-state index in [2.05, 4.69) is 12.2 Å². The molecule has 1 fully saturated rings. The summed E-state index contributed by atoms with van der Waals surface area (Å²) in [6, 6.07) is 5.36. The highest BCUT2D eigenvalue weighted by Crippen LogP contribution is 2.47. The highest BCUT2D eigenvalue weighted by atomic mass is 16.6. The second-order valence-corrected chi connectivity index (χ2v) is 5.23. The molecular formula is C13H16N2O3. The van der Waals surface area contributed by atoms with Gasteiger partial charge in [-0.1, -0.05) is 12.1 Å². The molecule has 0 radical (unpaired) electrons. The summed E-state index contributed by atoms with van der Waals surface area (Å²) in [6.07, 6.45) is 2.07. The predicted octanol–water partition coefficient (Wildman–Crippen LogP) is 2.46. The molecule has 1 spiro atoms. The fraction of sp³-hybridized carbons (Fsp3) is 0.538. The lowest BCUT2D eigenvalue weighted by Gasteiger charge is -2.36. The molecule has 3 rings (SSSR count). The quantitative estimate of drug-likeness (QED) is 0.612. The van der Waals surface area contributed by atoms with Gasteiger partial charge in [0.15, 0.2) is 0 Å². The summed E-state index contributed by atoms with van der Waals surface area (Å²) in [4.78, 5) is 10.7. The standard InChI is InChI=1S/C13H16N2O3/c1-9-7-13(5-6-18-9)8-14-12-10(13)3-2-4-11(12)15(16)17/h2-4,9,14H,5-8H2,1H3. The molecule has 96 valence electrons. The highest BCUT2D eigenvalue weighted by Gasteiger charge is 2.44. The molecule has 5 heteroatoms. The van der Waals surface area contributed by atoms with Crippen LogP contribution in [0.3, 0.4) is 0 Å². The van der Waals surface area contributed by atoms with Crippen LogP contribution in [0, 0.1) is 10.1 Å². The van der Waals surface area contributed by atoms with E-state index >= 15 is 0 Å². The van der Waals surface area contributed by atoms with Crippen molar-refractivity contribution in [2.45, 2.75) is 31.3 Å². The first-order valence-electron chi connectivity index (χ1n) is 6.26. The molecule has 0 saturated carbocycles. The number of hydrogen-bond donors (Lipinski definition) is 1. The molecule has 2 aliphatic rings. The lowest BCUT2D eigenvalue weighted by molar-refractivity contribution is -0.383. The molecule has 1 N–H and O–H groups in total. The van der Waals surface area contributed by atoms with Crippen LogP contribution < -0.4 is 5.32 Å². The molecule has 1 aromatic carbocycles. The Hall–Kier alpha value is -1.62. The van der Waals surface area contributed by atoms with Crippen molar-refractivity contribution in [1.82, 2.24) is 0 Å². The maximum Gasteiger partial charge on any atom is 0.292 e. The van der Waals surface area contributed by atoms with Crippen molar-refractivity contribution in [3.63, 3.8) is 0 Å². The first-order valence-corrected chi connectivity index (χ1v) is 6.26. The van der Waals surface area contributed by atoms with Crippen molar-refractivity contribution in [2.75, 3.05) is 18.5 Å². The Kier molecular flexibility index (Phi) is 2.52. The van der Waals surface area contributed by atoms with Gasteiger partial charge in [-0.3, -0.25) is 10.1 Å². The minimum atomic E-state index is -0.312. The molecule has 0 aliphatic carbocycles. The van der Waals surface area contributed by atoms with Crippen molar-refractivity contribution in [3.05, 3.63) is 33.9 Å². The van der Waals surface area contributed by atoms with Crippen LogP contribution in [-0.2, 0) is 10.2 Å². The van der Waals surface area contributed by atoms with Gasteiger partial charge in [-0.05, 0) is 25.3 Å². The van der Waals surface area contributed by atoms with Crippen LogP contribution in [0.2, 0.25) is 0 Å². The molecule has 2 aliphatic heterocycles. The van der Waals surface area contributed by atoms with Gasteiger partial charge in [0.25, 0.3) is 5.69 Å². The first-order chi connectivity index (χ1) is 8.62. The van der Waals surface area contributed by atoms with E-state index in [9.17, 15) is 10.1 Å². The number of ether oxygens (including phenoxy) is 1. The Morgan fingerprint density at radius 3 is 3.11 bits per heavy atom. The summed E-state index contributed by atoms with van der Waals surface area (Å²) in [5, 5.41) is 14.3. The van der Waals surface area contributed by atoms with Gasteiger partial charge in [-0.15, -0.1) is 0 Å². The van der Waals surface area contributed by atoms with E-state index in [0.717, 1.165) is 31.6 Å². The Labute approximate surface area is 105 Å². The number of hydrogen-bond acceptors (Lipinski definition) is 4. The number of nitro benzene ring substituents is 1. The Bertz CT molecular complexity index is 503. The van der Waals surface area contributed by atoms with Gasteiger partial charge in [-0.25, -0.2) is 0 Å². The van der Waals surface area contributed by atoms with Gasteiger partial charge >= 0.3 is 0 Å². The van der Waals surface area contributed by atoms with E-state index in [-0.39, 0.29) is 22.1 Å². The zero-order valence-corrected chi connectivity index (χ0v) is 10.3. The molecule has 1 saturated heterocycles. The van der Waals surface area contributed by atoms with Crippen LogP contribution in [0.15, 0.2) is 18.2 Å². The van der Waals surface area contributed by atoms with Crippen molar-refractivity contribution < 1.29 is 9.66 Å². The van der Waals surface area contributed by atoms with E-state index in [1.165, 1.54) is 0 Å². The topological polar surface area (TPSA) is 64.4 Å². The van der Waals surface area contributed by atoms with E-state index in [1.54, 1.807) is 12.1 Å². The number of nitro groups is 1. The van der Waals surface area contributed by atoms with E-state index in [1.807, 2.05) is 6.07 Å². The summed E-state index contributed by atoms with van der Waals surface area (Å²) < 4.78 is 5.60. The molecular weight excluding hydrogens is 232 g/mol. The number of nitrogens with one attached hydrogen (secondary N) is 1. The molecule has 0 bridgehead atoms. The van der Waals surface area contributed by atoms with Crippen molar-refractivity contribution in [2.24, 2.45) is 0 Å². The van der Waals surface area contributed by atoms with Crippen LogP contribution >= 0.6 is 0 Å². The van der Waals surface area contributed by atoms with Crippen LogP contribution in [-0.4, -0.2) is 24.2 Å². The van der Waals surface area contributed by atoms with Crippen molar-refractivity contribution in [3.8, 4) is 0 Å². The average Bonchev–Trinajstić information content (AvgIpc) is 2.68. The molecule has 5 nitrogen and oxygen atoms in total. The highest BCUT2D eigenvalue weighted by molar-refractivity contribution is 5.72. The lowest BCUT2D eigenvalue weighted by atomic mass is 9.74.